The lowest BCUT2D eigenvalue weighted by Crippen LogP contribution is -2.60. The number of nitrogens with zero attached hydrogens (tertiary/aromatic N) is 6. The number of carbonyl (C=O) groups excluding carboxylic acids is 3. The number of esters is 1. The molecule has 2 N–H and O–H groups in total. The Balaban J connectivity index is 1.19. The van der Waals surface area contributed by atoms with Gasteiger partial charge in [0.15, 0.2) is 17.7 Å². The first-order valence-corrected chi connectivity index (χ1v) is 22.1. The number of amides is 1. The molecule has 1 amide bonds. The molecule has 0 bridgehead atoms. The van der Waals surface area contributed by atoms with Crippen LogP contribution in [0.25, 0.3) is 20.9 Å². The summed E-state index contributed by atoms with van der Waals surface area (Å²) in [5.41, 5.74) is -0.639. The first-order chi connectivity index (χ1) is 28.4. The summed E-state index contributed by atoms with van der Waals surface area (Å²) in [6, 6.07) is 6.93. The molecular formula is C43H65N7O9S. The Morgan fingerprint density at radius 2 is 1.77 bits per heavy atom. The van der Waals surface area contributed by atoms with Crippen LogP contribution in [0.4, 0.5) is 4.79 Å². The third-order valence-corrected chi connectivity index (χ3v) is 14.0. The first-order valence-electron chi connectivity index (χ1n) is 21.3. The van der Waals surface area contributed by atoms with Crippen LogP contribution in [0.1, 0.15) is 81.1 Å². The Kier molecular flexibility index (Phi) is 14.4. The van der Waals surface area contributed by atoms with E-state index < -0.39 is 71.5 Å². The number of hydrogen-bond acceptors (Lipinski definition) is 15. The molecule has 3 saturated heterocycles. The van der Waals surface area contributed by atoms with Crippen molar-refractivity contribution in [2.45, 2.75) is 148 Å². The smallest absolute Gasteiger partial charge is 0.410 e. The number of aryl methyl sites for hydroxylation is 1. The molecule has 3 aliphatic rings. The molecule has 5 heterocycles. The van der Waals surface area contributed by atoms with E-state index in [4.69, 9.17) is 28.7 Å². The molecule has 3 aromatic rings. The van der Waals surface area contributed by atoms with E-state index in [2.05, 4.69) is 22.6 Å². The Morgan fingerprint density at radius 1 is 1.05 bits per heavy atom. The predicted octanol–water partition coefficient (Wildman–Crippen LogP) is 4.92. The zero-order chi connectivity index (χ0) is 43.7. The van der Waals surface area contributed by atoms with Crippen molar-refractivity contribution in [3.8, 4) is 10.7 Å². The minimum absolute atomic E-state index is 0.0117. The highest BCUT2D eigenvalue weighted by Crippen LogP contribution is 2.39. The van der Waals surface area contributed by atoms with Gasteiger partial charge >= 0.3 is 12.1 Å². The maximum Gasteiger partial charge on any atom is 0.410 e. The van der Waals surface area contributed by atoms with Crippen LogP contribution in [-0.2, 0) is 39.8 Å². The van der Waals surface area contributed by atoms with Crippen molar-refractivity contribution in [2.75, 3.05) is 34.3 Å². The highest BCUT2D eigenvalue weighted by atomic mass is 32.1. The van der Waals surface area contributed by atoms with Gasteiger partial charge in [0.2, 0.25) is 0 Å². The van der Waals surface area contributed by atoms with Crippen molar-refractivity contribution in [3.05, 3.63) is 30.5 Å². The average Bonchev–Trinajstić information content (AvgIpc) is 3.93. The molecule has 60 heavy (non-hydrogen) atoms. The lowest BCUT2D eigenvalue weighted by atomic mass is 9.78. The van der Waals surface area contributed by atoms with Gasteiger partial charge in [-0.1, -0.05) is 31.2 Å². The number of ketones is 1. The molecule has 16 nitrogen and oxygen atoms in total. The second kappa shape index (κ2) is 18.8. The highest BCUT2D eigenvalue weighted by Gasteiger charge is 2.58. The number of aliphatic hydroxyl groups is 1. The van der Waals surface area contributed by atoms with E-state index in [1.807, 2.05) is 70.2 Å². The van der Waals surface area contributed by atoms with Crippen molar-refractivity contribution in [3.63, 3.8) is 0 Å². The molecule has 6 rings (SSSR count). The molecule has 332 valence electrons. The molecule has 0 spiro atoms. The molecule has 2 aromatic heterocycles. The molecule has 0 aliphatic carbocycles. The number of carbonyl (C=O) groups is 3. The summed E-state index contributed by atoms with van der Waals surface area (Å²) in [7, 11) is 5.39. The summed E-state index contributed by atoms with van der Waals surface area (Å²) in [5.74, 6) is -3.18. The van der Waals surface area contributed by atoms with Crippen LogP contribution in [0, 0.1) is 17.8 Å². The van der Waals surface area contributed by atoms with Gasteiger partial charge in [-0.2, -0.15) is 0 Å². The van der Waals surface area contributed by atoms with Crippen LogP contribution in [0.3, 0.4) is 0 Å². The third kappa shape index (κ3) is 9.57. The quantitative estimate of drug-likeness (QED) is 0.159. The number of benzene rings is 1. The Bertz CT molecular complexity index is 1930. The number of Topliss-reactive ketones (excluding diaryl/α,β-unsaturated/α-hetero) is 1. The number of thiazole rings is 1. The van der Waals surface area contributed by atoms with Gasteiger partial charge in [-0.05, 0) is 106 Å². The standard InChI is InChI=1S/C43H65N7O9S/c1-24-21-42(7,55-11)37(58-40-35(52)32(48(9)10)20-25(2)56-40)26(3)34(51)27(4)39(53)57-29(6)43(8)36(28(5)44-22-24)50(41(54)59-43)19-15-14-18-49-23-31(46-47-49)38-45-30-16-12-13-17-33(30)60-38/h12-13,16-17,23-29,32,35-37,40,44,52H,14-15,18-22H2,1-11H3/t24-,25-,26+,27-,28-,29-,32?,35?,36-,37-,40+,42-,43-/m1/s1. The van der Waals surface area contributed by atoms with E-state index in [1.165, 1.54) is 6.92 Å². The molecule has 3 fully saturated rings. The normalized spacial score (nSPS) is 36.2. The minimum atomic E-state index is -1.24. The molecular weight excluding hydrogens is 791 g/mol. The van der Waals surface area contributed by atoms with Crippen LogP contribution in [0.5, 0.6) is 0 Å². The number of likely N-dealkylation sites (N-methyl/N-ethyl adjacent to an activating group) is 1. The topological polar surface area (TPSA) is 180 Å². The van der Waals surface area contributed by atoms with Crippen molar-refractivity contribution in [1.29, 1.82) is 0 Å². The minimum Gasteiger partial charge on any atom is -0.458 e. The number of cyclic esters (lactones) is 1. The fourth-order valence-electron chi connectivity index (χ4n) is 9.31. The molecule has 17 heteroatoms. The van der Waals surface area contributed by atoms with Crippen molar-refractivity contribution in [2.24, 2.45) is 17.8 Å². The SMILES string of the molecule is CO[C@]1(C)C[C@@H](C)CN[C@H](C)[C@H]2N(CCCCn3cc(-c4nc5ccccc5s4)nn3)C(=O)O[C@]2(C)[C@@H](C)OC(=O)[C@H](C)C(=O)[C@H](C)[C@H]1O[C@@H]1O[C@H](C)CC(N(C)C)C1O. The second-order valence-electron chi connectivity index (χ2n) is 17.9. The summed E-state index contributed by atoms with van der Waals surface area (Å²) in [4.78, 5) is 50.3. The van der Waals surface area contributed by atoms with E-state index in [1.54, 1.807) is 48.8 Å². The third-order valence-electron chi connectivity index (χ3n) is 13.0. The van der Waals surface area contributed by atoms with Gasteiger partial charge in [-0.15, -0.1) is 16.4 Å². The summed E-state index contributed by atoms with van der Waals surface area (Å²) in [6.07, 6.45) is -0.190. The van der Waals surface area contributed by atoms with E-state index in [0.717, 1.165) is 15.2 Å². The fraction of sp³-hybridized carbons (Fsp3) is 0.721. The average molecular weight is 856 g/mol. The van der Waals surface area contributed by atoms with Gasteiger partial charge in [-0.3, -0.25) is 19.2 Å². The molecule has 3 aliphatic heterocycles. The summed E-state index contributed by atoms with van der Waals surface area (Å²) in [5, 5.41) is 24.6. The van der Waals surface area contributed by atoms with Crippen LogP contribution in [0.15, 0.2) is 30.5 Å². The number of rotatable bonds is 10. The maximum atomic E-state index is 14.3. The number of para-hydroxylation sites is 1. The first kappa shape index (κ1) is 45.9. The predicted molar refractivity (Wildman–Crippen MR) is 226 cm³/mol. The van der Waals surface area contributed by atoms with Crippen LogP contribution >= 0.6 is 11.3 Å². The van der Waals surface area contributed by atoms with Crippen molar-refractivity contribution < 1.29 is 43.2 Å². The molecule has 2 unspecified atom stereocenters. The number of unbranched alkanes of at least 4 members (excludes halogenated alkanes) is 1. The second-order valence-corrected chi connectivity index (χ2v) is 18.9. The van der Waals surface area contributed by atoms with Gasteiger partial charge in [0.1, 0.15) is 28.8 Å². The zero-order valence-corrected chi connectivity index (χ0v) is 37.8. The summed E-state index contributed by atoms with van der Waals surface area (Å²) >= 11 is 1.57. The maximum absolute atomic E-state index is 14.3. The van der Waals surface area contributed by atoms with E-state index in [0.29, 0.717) is 51.0 Å². The Morgan fingerprint density at radius 3 is 2.47 bits per heavy atom. The van der Waals surface area contributed by atoms with Crippen LogP contribution in [-0.4, -0.2) is 147 Å². The number of aliphatic hydroxyl groups excluding tert-OH is 1. The number of nitrogens with one attached hydrogen (secondary N) is 1. The van der Waals surface area contributed by atoms with Crippen LogP contribution in [0.2, 0.25) is 0 Å². The highest BCUT2D eigenvalue weighted by molar-refractivity contribution is 7.21. The van der Waals surface area contributed by atoms with Gasteiger partial charge in [0.05, 0.1) is 40.3 Å². The molecule has 1 aromatic carbocycles. The number of fused-ring (bicyclic) bond motifs is 2. The fourth-order valence-corrected chi connectivity index (χ4v) is 10.2. The Labute approximate surface area is 357 Å². The number of hydrogen-bond donors (Lipinski definition) is 2. The van der Waals surface area contributed by atoms with Crippen molar-refractivity contribution >= 4 is 39.4 Å². The van der Waals surface area contributed by atoms with Crippen molar-refractivity contribution in [1.82, 2.24) is 35.1 Å². The lowest BCUT2D eigenvalue weighted by molar-refractivity contribution is -0.295. The zero-order valence-electron chi connectivity index (χ0n) is 37.0. The number of ether oxygens (including phenoxy) is 5. The summed E-state index contributed by atoms with van der Waals surface area (Å²) in [6.45, 7) is 16.2. The number of methoxy groups -OCH3 is 1. The molecule has 13 atom stereocenters. The van der Waals surface area contributed by atoms with E-state index in [-0.39, 0.29) is 24.1 Å². The molecule has 0 saturated carbocycles. The van der Waals surface area contributed by atoms with Gasteiger partial charge < -0.3 is 39.0 Å². The largest absolute Gasteiger partial charge is 0.458 e. The van der Waals surface area contributed by atoms with Gasteiger partial charge in [0.25, 0.3) is 0 Å². The number of aromatic nitrogens is 4. The van der Waals surface area contributed by atoms with E-state index in [9.17, 15) is 19.5 Å². The Hall–Kier alpha value is -3.58. The van der Waals surface area contributed by atoms with Crippen LogP contribution < -0.4 is 5.32 Å². The van der Waals surface area contributed by atoms with Gasteiger partial charge in [-0.25, -0.2) is 9.78 Å². The molecule has 0 radical (unpaired) electrons. The van der Waals surface area contributed by atoms with E-state index >= 15 is 0 Å². The van der Waals surface area contributed by atoms with Gasteiger partial charge in [0, 0.05) is 38.2 Å². The monoisotopic (exact) mass is 855 g/mol. The lowest BCUT2D eigenvalue weighted by Gasteiger charge is -2.46. The summed E-state index contributed by atoms with van der Waals surface area (Å²) < 4.78 is 34.2.